The Bertz CT molecular complexity index is 615. The third-order valence-electron chi connectivity index (χ3n) is 2.78. The summed E-state index contributed by atoms with van der Waals surface area (Å²) in [6.45, 7) is -0.0872. The van der Waals surface area contributed by atoms with Crippen LogP contribution in [0.1, 0.15) is 4.88 Å². The van der Waals surface area contributed by atoms with Crippen molar-refractivity contribution in [3.05, 3.63) is 20.9 Å². The fourth-order valence-electron chi connectivity index (χ4n) is 1.85. The van der Waals surface area contributed by atoms with Crippen molar-refractivity contribution >= 4 is 27.3 Å². The molecule has 0 saturated heterocycles. The van der Waals surface area contributed by atoms with Crippen LogP contribution in [0.15, 0.2) is 16.0 Å². The van der Waals surface area contributed by atoms with E-state index >= 15 is 0 Å². The van der Waals surface area contributed by atoms with Crippen molar-refractivity contribution in [2.75, 3.05) is 21.3 Å². The highest BCUT2D eigenvalue weighted by molar-refractivity contribution is 9.11. The van der Waals surface area contributed by atoms with Gasteiger partial charge in [-0.2, -0.15) is 0 Å². The molecule has 1 heterocycles. The quantitative estimate of drug-likeness (QED) is 0.888. The predicted molar refractivity (Wildman–Crippen MR) is 80.8 cm³/mol. The Labute approximate surface area is 129 Å². The summed E-state index contributed by atoms with van der Waals surface area (Å²) >= 11 is 4.71. The van der Waals surface area contributed by atoms with Crippen molar-refractivity contribution in [2.45, 2.75) is 6.61 Å². The Hall–Kier alpha value is -1.31. The minimum atomic E-state index is -0.0872. The van der Waals surface area contributed by atoms with Gasteiger partial charge in [0, 0.05) is 11.6 Å². The summed E-state index contributed by atoms with van der Waals surface area (Å²) in [4.78, 5) is 5.14. The second-order valence-electron chi connectivity index (χ2n) is 3.80. The number of hydrogen-bond acceptors (Lipinski definition) is 6. The Morgan fingerprint density at radius 3 is 2.25 bits per heavy atom. The van der Waals surface area contributed by atoms with Crippen molar-refractivity contribution in [1.29, 1.82) is 0 Å². The van der Waals surface area contributed by atoms with Gasteiger partial charge in [-0.1, -0.05) is 0 Å². The molecule has 0 aliphatic heterocycles. The summed E-state index contributed by atoms with van der Waals surface area (Å²) in [5.74, 6) is 1.76. The summed E-state index contributed by atoms with van der Waals surface area (Å²) in [5, 5.41) is 9.44. The number of rotatable bonds is 5. The maximum Gasteiger partial charge on any atom is 0.164 e. The van der Waals surface area contributed by atoms with Gasteiger partial charge in [-0.05, 0) is 22.0 Å². The minimum absolute atomic E-state index is 0.0872. The maximum atomic E-state index is 9.44. The highest BCUT2D eigenvalue weighted by Gasteiger charge is 2.19. The Morgan fingerprint density at radius 2 is 1.70 bits per heavy atom. The highest BCUT2D eigenvalue weighted by Crippen LogP contribution is 2.42. The topological polar surface area (TPSA) is 60.8 Å². The summed E-state index contributed by atoms with van der Waals surface area (Å²) in [6.07, 6.45) is 0. The molecular formula is C13H14BrNO4S. The van der Waals surface area contributed by atoms with E-state index in [-0.39, 0.29) is 6.61 Å². The third-order valence-corrected chi connectivity index (χ3v) is 4.27. The Kier molecular flexibility index (Phi) is 4.85. The number of nitrogens with zero attached hydrogens (tertiary/aromatic N) is 1. The zero-order valence-corrected chi connectivity index (χ0v) is 13.7. The molecule has 1 N–H and O–H groups in total. The van der Waals surface area contributed by atoms with Crippen LogP contribution in [0.2, 0.25) is 0 Å². The van der Waals surface area contributed by atoms with Gasteiger partial charge < -0.3 is 19.3 Å². The molecule has 0 atom stereocenters. The van der Waals surface area contributed by atoms with E-state index in [1.165, 1.54) is 11.3 Å². The standard InChI is InChI=1S/C13H14BrNO4S/c1-17-8-5-10(19-3)9(18-2)4-7(8)12-11(6-16)20-13(14)15-12/h4-5,16H,6H2,1-3H3. The van der Waals surface area contributed by atoms with Gasteiger partial charge in [-0.15, -0.1) is 11.3 Å². The molecular weight excluding hydrogens is 346 g/mol. The van der Waals surface area contributed by atoms with E-state index in [1.807, 2.05) is 0 Å². The lowest BCUT2D eigenvalue weighted by molar-refractivity contribution is 0.286. The van der Waals surface area contributed by atoms with Crippen molar-refractivity contribution in [1.82, 2.24) is 4.98 Å². The van der Waals surface area contributed by atoms with Gasteiger partial charge in [0.2, 0.25) is 0 Å². The highest BCUT2D eigenvalue weighted by atomic mass is 79.9. The molecule has 20 heavy (non-hydrogen) atoms. The lowest BCUT2D eigenvalue weighted by atomic mass is 10.1. The molecule has 0 fully saturated rings. The van der Waals surface area contributed by atoms with E-state index in [1.54, 1.807) is 33.5 Å². The fourth-order valence-corrected chi connectivity index (χ4v) is 3.28. The summed E-state index contributed by atoms with van der Waals surface area (Å²) < 4.78 is 16.6. The van der Waals surface area contributed by atoms with Gasteiger partial charge in [0.1, 0.15) is 5.75 Å². The molecule has 0 amide bonds. The molecule has 1 aromatic carbocycles. The zero-order chi connectivity index (χ0) is 14.7. The first-order chi connectivity index (χ1) is 9.64. The van der Waals surface area contributed by atoms with Crippen LogP contribution in [0.5, 0.6) is 17.2 Å². The molecule has 108 valence electrons. The molecule has 2 rings (SSSR count). The molecule has 7 heteroatoms. The number of aliphatic hydroxyl groups excluding tert-OH is 1. The largest absolute Gasteiger partial charge is 0.496 e. The van der Waals surface area contributed by atoms with Crippen LogP contribution in [0.25, 0.3) is 11.3 Å². The average molecular weight is 360 g/mol. The monoisotopic (exact) mass is 359 g/mol. The molecule has 0 spiro atoms. The lowest BCUT2D eigenvalue weighted by Crippen LogP contribution is -1.96. The Morgan fingerprint density at radius 1 is 1.10 bits per heavy atom. The van der Waals surface area contributed by atoms with Crippen molar-refractivity contribution < 1.29 is 19.3 Å². The van der Waals surface area contributed by atoms with Crippen molar-refractivity contribution in [3.63, 3.8) is 0 Å². The summed E-state index contributed by atoms with van der Waals surface area (Å²) in [5.41, 5.74) is 1.42. The van der Waals surface area contributed by atoms with E-state index in [0.717, 1.165) is 10.4 Å². The second kappa shape index (κ2) is 6.43. The normalized spacial score (nSPS) is 10.4. The molecule has 0 unspecified atom stereocenters. The van der Waals surface area contributed by atoms with Crippen molar-refractivity contribution in [3.8, 4) is 28.5 Å². The predicted octanol–water partition coefficient (Wildman–Crippen LogP) is 3.09. The molecule has 0 aliphatic rings. The molecule has 1 aromatic heterocycles. The van der Waals surface area contributed by atoms with Crippen LogP contribution in [0.4, 0.5) is 0 Å². The fraction of sp³-hybridized carbons (Fsp3) is 0.308. The minimum Gasteiger partial charge on any atom is -0.496 e. The van der Waals surface area contributed by atoms with Gasteiger partial charge >= 0.3 is 0 Å². The zero-order valence-electron chi connectivity index (χ0n) is 11.3. The van der Waals surface area contributed by atoms with Crippen LogP contribution in [-0.4, -0.2) is 31.4 Å². The number of ether oxygens (including phenoxy) is 3. The number of hydrogen-bond donors (Lipinski definition) is 1. The molecule has 0 aliphatic carbocycles. The molecule has 0 radical (unpaired) electrons. The van der Waals surface area contributed by atoms with E-state index in [2.05, 4.69) is 20.9 Å². The van der Waals surface area contributed by atoms with Gasteiger partial charge in [-0.25, -0.2) is 4.98 Å². The number of thiazole rings is 1. The summed E-state index contributed by atoms with van der Waals surface area (Å²) in [6, 6.07) is 3.53. The first-order valence-electron chi connectivity index (χ1n) is 5.71. The smallest absolute Gasteiger partial charge is 0.164 e. The van der Waals surface area contributed by atoms with Crippen LogP contribution >= 0.6 is 27.3 Å². The third kappa shape index (κ3) is 2.74. The van der Waals surface area contributed by atoms with Gasteiger partial charge in [0.25, 0.3) is 0 Å². The summed E-state index contributed by atoms with van der Waals surface area (Å²) in [7, 11) is 4.71. The van der Waals surface area contributed by atoms with Crippen LogP contribution in [0.3, 0.4) is 0 Å². The van der Waals surface area contributed by atoms with E-state index in [9.17, 15) is 5.11 Å². The number of aromatic nitrogens is 1. The lowest BCUT2D eigenvalue weighted by Gasteiger charge is -2.13. The van der Waals surface area contributed by atoms with E-state index < -0.39 is 0 Å². The maximum absolute atomic E-state index is 9.44. The Balaban J connectivity index is 2.65. The SMILES string of the molecule is COc1cc(OC)c(-c2nc(Br)sc2CO)cc1OC. The van der Waals surface area contributed by atoms with E-state index in [0.29, 0.717) is 26.9 Å². The van der Waals surface area contributed by atoms with Gasteiger partial charge in [0.15, 0.2) is 15.4 Å². The van der Waals surface area contributed by atoms with E-state index in [4.69, 9.17) is 14.2 Å². The molecule has 2 aromatic rings. The molecule has 5 nitrogen and oxygen atoms in total. The van der Waals surface area contributed by atoms with Gasteiger partial charge in [0.05, 0.1) is 38.5 Å². The second-order valence-corrected chi connectivity index (χ2v) is 6.16. The average Bonchev–Trinajstić information content (AvgIpc) is 2.86. The number of benzene rings is 1. The first kappa shape index (κ1) is 15.1. The van der Waals surface area contributed by atoms with Crippen LogP contribution in [0, 0.1) is 0 Å². The molecule has 0 saturated carbocycles. The number of methoxy groups -OCH3 is 3. The first-order valence-corrected chi connectivity index (χ1v) is 7.32. The molecule has 0 bridgehead atoms. The van der Waals surface area contributed by atoms with Crippen LogP contribution < -0.4 is 14.2 Å². The number of halogens is 1. The van der Waals surface area contributed by atoms with Crippen molar-refractivity contribution in [2.24, 2.45) is 0 Å². The van der Waals surface area contributed by atoms with Crippen LogP contribution in [-0.2, 0) is 6.61 Å². The van der Waals surface area contributed by atoms with Gasteiger partial charge in [-0.3, -0.25) is 0 Å². The number of aliphatic hydroxyl groups is 1.